The van der Waals surface area contributed by atoms with Crippen molar-refractivity contribution >= 4 is 11.9 Å². The summed E-state index contributed by atoms with van der Waals surface area (Å²) >= 11 is 1.72. The van der Waals surface area contributed by atoms with E-state index in [4.69, 9.17) is 4.74 Å². The van der Waals surface area contributed by atoms with Crippen LogP contribution in [0.4, 0.5) is 0 Å². The molecule has 0 aliphatic carbocycles. The quantitative estimate of drug-likeness (QED) is 0.474. The molecule has 1 N–H and O–H groups in total. The highest BCUT2D eigenvalue weighted by Crippen LogP contribution is 2.19. The third-order valence-electron chi connectivity index (χ3n) is 4.67. The highest BCUT2D eigenvalue weighted by Gasteiger charge is 2.17. The van der Waals surface area contributed by atoms with E-state index in [0.29, 0.717) is 6.04 Å². The summed E-state index contributed by atoms with van der Waals surface area (Å²) in [4.78, 5) is 6.40. The molecule has 1 aromatic rings. The number of benzene rings is 1. The Morgan fingerprint density at radius 3 is 2.44 bits per heavy atom. The van der Waals surface area contributed by atoms with Crippen LogP contribution in [0.3, 0.4) is 0 Å². The van der Waals surface area contributed by atoms with Gasteiger partial charge in [0.05, 0.1) is 6.61 Å². The zero-order chi connectivity index (χ0) is 17.9. The number of rotatable bonds is 11. The molecule has 4 nitrogen and oxygen atoms in total. The molecule has 25 heavy (non-hydrogen) atoms. The van der Waals surface area contributed by atoms with E-state index in [-0.39, 0.29) is 0 Å². The van der Waals surface area contributed by atoms with Crippen molar-refractivity contribution in [2.75, 3.05) is 45.9 Å². The Morgan fingerprint density at radius 1 is 1.08 bits per heavy atom. The normalized spacial score (nSPS) is 16.5. The third-order valence-corrected chi connectivity index (χ3v) is 5.53. The molecule has 0 aromatic heterocycles. The Balaban J connectivity index is 1.53. The lowest BCUT2D eigenvalue weighted by Gasteiger charge is -2.36. The Bertz CT molecular complexity index is 459. The molecule has 0 radical (unpaired) electrons. The lowest BCUT2D eigenvalue weighted by molar-refractivity contribution is 0.108. The first-order chi connectivity index (χ1) is 12.2. The maximum absolute atomic E-state index is 5.70. The molecule has 1 aliphatic rings. The van der Waals surface area contributed by atoms with Crippen molar-refractivity contribution in [3.05, 3.63) is 24.3 Å². The van der Waals surface area contributed by atoms with Crippen LogP contribution in [-0.4, -0.2) is 61.7 Å². The summed E-state index contributed by atoms with van der Waals surface area (Å²) < 4.78 is 9.17. The topological polar surface area (TPSA) is 27.7 Å². The van der Waals surface area contributed by atoms with Crippen LogP contribution < -0.4 is 9.46 Å². The van der Waals surface area contributed by atoms with Crippen LogP contribution in [0.25, 0.3) is 0 Å². The van der Waals surface area contributed by atoms with E-state index < -0.39 is 0 Å². The fourth-order valence-corrected chi connectivity index (χ4v) is 3.64. The van der Waals surface area contributed by atoms with E-state index in [1.54, 1.807) is 11.9 Å². The van der Waals surface area contributed by atoms with E-state index >= 15 is 0 Å². The molecule has 1 aromatic carbocycles. The number of unbranched alkanes of at least 4 members (excludes halogenated alkanes) is 1. The Labute approximate surface area is 158 Å². The van der Waals surface area contributed by atoms with Crippen molar-refractivity contribution in [1.82, 2.24) is 14.5 Å². The van der Waals surface area contributed by atoms with Gasteiger partial charge in [0.2, 0.25) is 0 Å². The summed E-state index contributed by atoms with van der Waals surface area (Å²) in [7, 11) is 0. The molecule has 0 amide bonds. The second kappa shape index (κ2) is 11.8. The summed E-state index contributed by atoms with van der Waals surface area (Å²) in [5, 5.41) is 0. The number of nitrogens with one attached hydrogen (secondary N) is 1. The van der Waals surface area contributed by atoms with E-state index in [9.17, 15) is 0 Å². The smallest absolute Gasteiger partial charge is 0.119 e. The lowest BCUT2D eigenvalue weighted by atomic mass is 10.2. The molecule has 0 bridgehead atoms. The molecule has 0 spiro atoms. The maximum atomic E-state index is 5.70. The average Bonchev–Trinajstić information content (AvgIpc) is 2.63. The predicted molar refractivity (Wildman–Crippen MR) is 108 cm³/mol. The van der Waals surface area contributed by atoms with Gasteiger partial charge in [-0.05, 0) is 69.4 Å². The second-order valence-corrected chi connectivity index (χ2v) is 7.96. The molecule has 1 aliphatic heterocycles. The van der Waals surface area contributed by atoms with Crippen molar-refractivity contribution in [1.29, 1.82) is 0 Å². The van der Waals surface area contributed by atoms with Gasteiger partial charge in [0.25, 0.3) is 0 Å². The number of hydrogen-bond donors (Lipinski definition) is 1. The van der Waals surface area contributed by atoms with Crippen LogP contribution in [0.15, 0.2) is 29.2 Å². The highest BCUT2D eigenvalue weighted by molar-refractivity contribution is 7.97. The van der Waals surface area contributed by atoms with Crippen LogP contribution in [0, 0.1) is 0 Å². The minimum Gasteiger partial charge on any atom is -0.494 e. The highest BCUT2D eigenvalue weighted by atomic mass is 32.2. The fourth-order valence-electron chi connectivity index (χ4n) is 2.95. The number of piperazine rings is 1. The van der Waals surface area contributed by atoms with Gasteiger partial charge in [-0.2, -0.15) is 0 Å². The van der Waals surface area contributed by atoms with Crippen molar-refractivity contribution in [3.8, 4) is 5.75 Å². The number of ether oxygens (including phenoxy) is 1. The molecule has 1 heterocycles. The molecule has 0 unspecified atom stereocenters. The van der Waals surface area contributed by atoms with Crippen molar-refractivity contribution in [2.45, 2.75) is 51.0 Å². The average molecular weight is 366 g/mol. The molecular weight excluding hydrogens is 330 g/mol. The zero-order valence-electron chi connectivity index (χ0n) is 16.2. The van der Waals surface area contributed by atoms with Gasteiger partial charge in [0.1, 0.15) is 5.75 Å². The fraction of sp³-hybridized carbons (Fsp3) is 0.700. The van der Waals surface area contributed by atoms with Gasteiger partial charge in [-0.3, -0.25) is 9.62 Å². The largest absolute Gasteiger partial charge is 0.494 e. The Kier molecular flexibility index (Phi) is 9.69. The predicted octanol–water partition coefficient (Wildman–Crippen LogP) is 3.88. The molecule has 0 atom stereocenters. The minimum absolute atomic E-state index is 0.684. The Hall–Kier alpha value is -0.750. The van der Waals surface area contributed by atoms with Gasteiger partial charge in [-0.1, -0.05) is 13.3 Å². The molecule has 1 fully saturated rings. The van der Waals surface area contributed by atoms with E-state index in [1.807, 2.05) is 0 Å². The van der Waals surface area contributed by atoms with Crippen molar-refractivity contribution < 1.29 is 4.74 Å². The summed E-state index contributed by atoms with van der Waals surface area (Å²) in [6, 6.07) is 9.07. The third kappa shape index (κ3) is 7.99. The maximum Gasteiger partial charge on any atom is 0.119 e. The second-order valence-electron chi connectivity index (χ2n) is 6.99. The van der Waals surface area contributed by atoms with Gasteiger partial charge in [-0.15, -0.1) is 0 Å². The standard InChI is InChI=1S/C20H35N3OS/c1-4-5-17-24-19-7-9-20(10-8-19)25-21-11-6-12-22-13-15-23(16-14-22)18(2)3/h7-10,18,21H,4-6,11-17H2,1-3H3. The van der Waals surface area contributed by atoms with Gasteiger partial charge < -0.3 is 9.64 Å². The van der Waals surface area contributed by atoms with Gasteiger partial charge in [0, 0.05) is 43.7 Å². The van der Waals surface area contributed by atoms with E-state index in [2.05, 4.69) is 59.6 Å². The minimum atomic E-state index is 0.684. The zero-order valence-corrected chi connectivity index (χ0v) is 17.0. The molecule has 0 saturated carbocycles. The molecule has 2 rings (SSSR count). The van der Waals surface area contributed by atoms with E-state index in [0.717, 1.165) is 25.3 Å². The van der Waals surface area contributed by atoms with Gasteiger partial charge in [0.15, 0.2) is 0 Å². The molecule has 1 saturated heterocycles. The summed E-state index contributed by atoms with van der Waals surface area (Å²) in [6.07, 6.45) is 3.49. The van der Waals surface area contributed by atoms with Crippen LogP contribution in [0.1, 0.15) is 40.0 Å². The van der Waals surface area contributed by atoms with E-state index in [1.165, 1.54) is 50.5 Å². The number of nitrogens with zero attached hydrogens (tertiary/aromatic N) is 2. The summed E-state index contributed by atoms with van der Waals surface area (Å²) in [5.41, 5.74) is 0. The Morgan fingerprint density at radius 2 is 1.80 bits per heavy atom. The van der Waals surface area contributed by atoms with Crippen LogP contribution in [0.2, 0.25) is 0 Å². The van der Waals surface area contributed by atoms with Crippen molar-refractivity contribution in [2.24, 2.45) is 0 Å². The summed E-state index contributed by atoms with van der Waals surface area (Å²) in [5.74, 6) is 0.971. The monoisotopic (exact) mass is 365 g/mol. The number of hydrogen-bond acceptors (Lipinski definition) is 5. The first-order valence-corrected chi connectivity index (χ1v) is 10.6. The first kappa shape index (κ1) is 20.6. The molecule has 5 heteroatoms. The molecule has 142 valence electrons. The first-order valence-electron chi connectivity index (χ1n) is 9.78. The summed E-state index contributed by atoms with van der Waals surface area (Å²) in [6.45, 7) is 14.7. The van der Waals surface area contributed by atoms with Crippen LogP contribution in [0.5, 0.6) is 5.75 Å². The van der Waals surface area contributed by atoms with Crippen molar-refractivity contribution in [3.63, 3.8) is 0 Å². The lowest BCUT2D eigenvalue weighted by Crippen LogP contribution is -2.49. The molecular formula is C20H35N3OS. The SMILES string of the molecule is CCCCOc1ccc(SNCCCN2CCN(C(C)C)CC2)cc1. The van der Waals surface area contributed by atoms with Crippen LogP contribution >= 0.6 is 11.9 Å². The van der Waals surface area contributed by atoms with Gasteiger partial charge >= 0.3 is 0 Å². The van der Waals surface area contributed by atoms with Crippen LogP contribution in [-0.2, 0) is 0 Å². The van der Waals surface area contributed by atoms with Gasteiger partial charge in [-0.25, -0.2) is 0 Å².